The number of sulfone groups is 1. The lowest BCUT2D eigenvalue weighted by Crippen LogP contribution is -2.26. The van der Waals surface area contributed by atoms with E-state index in [-0.39, 0.29) is 28.6 Å². The van der Waals surface area contributed by atoms with E-state index in [0.717, 1.165) is 12.8 Å². The van der Waals surface area contributed by atoms with Crippen molar-refractivity contribution in [3.8, 4) is 0 Å². The molecule has 0 saturated carbocycles. The number of oxazole rings is 1. The number of hydrogen-bond acceptors (Lipinski definition) is 5. The van der Waals surface area contributed by atoms with Crippen molar-refractivity contribution in [3.63, 3.8) is 0 Å². The van der Waals surface area contributed by atoms with Crippen LogP contribution in [0.5, 0.6) is 0 Å². The van der Waals surface area contributed by atoms with Gasteiger partial charge in [-0.2, -0.15) is 0 Å². The molecule has 1 amide bonds. The van der Waals surface area contributed by atoms with Gasteiger partial charge in [0.2, 0.25) is 5.91 Å². The summed E-state index contributed by atoms with van der Waals surface area (Å²) in [5.74, 6) is -1.16. The lowest BCUT2D eigenvalue weighted by Gasteiger charge is -2.07. The van der Waals surface area contributed by atoms with Crippen LogP contribution in [0, 0.1) is 0 Å². The number of aryl methyl sites for hydroxylation is 2. The Morgan fingerprint density at radius 3 is 2.64 bits per heavy atom. The van der Waals surface area contributed by atoms with Crippen LogP contribution >= 0.6 is 0 Å². The molecule has 0 saturated heterocycles. The van der Waals surface area contributed by atoms with Gasteiger partial charge in [0, 0.05) is 26.1 Å². The van der Waals surface area contributed by atoms with Crippen molar-refractivity contribution < 1.29 is 17.6 Å². The Kier molecular flexibility index (Phi) is 5.99. The zero-order valence-electron chi connectivity index (χ0n) is 15.6. The van der Waals surface area contributed by atoms with Gasteiger partial charge in [0.1, 0.15) is 0 Å². The van der Waals surface area contributed by atoms with Crippen LogP contribution in [0.4, 0.5) is 0 Å². The van der Waals surface area contributed by atoms with E-state index in [4.69, 9.17) is 4.42 Å². The predicted molar refractivity (Wildman–Crippen MR) is 106 cm³/mol. The smallest absolute Gasteiger partial charge is 0.408 e. The summed E-state index contributed by atoms with van der Waals surface area (Å²) in [6.07, 6.45) is 1.51. The van der Waals surface area contributed by atoms with Gasteiger partial charge in [0.15, 0.2) is 15.4 Å². The quantitative estimate of drug-likeness (QED) is 0.582. The van der Waals surface area contributed by atoms with Crippen LogP contribution < -0.4 is 11.1 Å². The summed E-state index contributed by atoms with van der Waals surface area (Å²) in [6, 6.07) is 14.2. The molecule has 8 heteroatoms. The van der Waals surface area contributed by atoms with Gasteiger partial charge in [-0.15, -0.1) is 0 Å². The van der Waals surface area contributed by atoms with E-state index >= 15 is 0 Å². The SMILES string of the molecule is Cn1c(=O)oc2cc(S(=O)(=O)CCC(=O)NCCCc3ccccc3)ccc21. The molecule has 0 radical (unpaired) electrons. The minimum atomic E-state index is -3.66. The fourth-order valence-electron chi connectivity index (χ4n) is 2.91. The Labute approximate surface area is 162 Å². The highest BCUT2D eigenvalue weighted by atomic mass is 32.2. The number of carbonyl (C=O) groups is 1. The van der Waals surface area contributed by atoms with Crippen LogP contribution in [0.3, 0.4) is 0 Å². The first-order valence-electron chi connectivity index (χ1n) is 9.00. The summed E-state index contributed by atoms with van der Waals surface area (Å²) < 4.78 is 31.3. The summed E-state index contributed by atoms with van der Waals surface area (Å²) in [5.41, 5.74) is 1.92. The van der Waals surface area contributed by atoms with Gasteiger partial charge in [-0.05, 0) is 30.5 Å². The van der Waals surface area contributed by atoms with Crippen LogP contribution in [0.25, 0.3) is 11.1 Å². The third-order valence-electron chi connectivity index (χ3n) is 4.53. The normalized spacial score (nSPS) is 11.6. The molecule has 148 valence electrons. The predicted octanol–water partition coefficient (Wildman–Crippen LogP) is 2.04. The number of nitrogens with one attached hydrogen (secondary N) is 1. The van der Waals surface area contributed by atoms with Crippen LogP contribution in [0.2, 0.25) is 0 Å². The third-order valence-corrected chi connectivity index (χ3v) is 6.24. The largest absolute Gasteiger partial charge is 0.419 e. The number of nitrogens with zero attached hydrogens (tertiary/aromatic N) is 1. The monoisotopic (exact) mass is 402 g/mol. The number of fused-ring (bicyclic) bond motifs is 1. The molecule has 1 N–H and O–H groups in total. The molecule has 1 aromatic heterocycles. The first-order chi connectivity index (χ1) is 13.4. The van der Waals surface area contributed by atoms with E-state index < -0.39 is 15.6 Å². The molecule has 0 atom stereocenters. The molecule has 2 aromatic carbocycles. The Morgan fingerprint density at radius 1 is 1.14 bits per heavy atom. The summed E-state index contributed by atoms with van der Waals surface area (Å²) in [6.45, 7) is 0.495. The Balaban J connectivity index is 1.51. The molecule has 0 fully saturated rings. The molecule has 0 unspecified atom stereocenters. The summed E-state index contributed by atoms with van der Waals surface area (Å²) >= 11 is 0. The zero-order chi connectivity index (χ0) is 20.1. The van der Waals surface area contributed by atoms with Crippen molar-refractivity contribution >= 4 is 26.8 Å². The summed E-state index contributed by atoms with van der Waals surface area (Å²) in [4.78, 5) is 23.5. The van der Waals surface area contributed by atoms with Gasteiger partial charge in [0.05, 0.1) is 16.2 Å². The first-order valence-corrected chi connectivity index (χ1v) is 10.6. The highest BCUT2D eigenvalue weighted by Gasteiger charge is 2.18. The molecule has 0 spiro atoms. The van der Waals surface area contributed by atoms with E-state index in [2.05, 4.69) is 5.32 Å². The fourth-order valence-corrected chi connectivity index (χ4v) is 4.16. The van der Waals surface area contributed by atoms with Gasteiger partial charge in [-0.1, -0.05) is 30.3 Å². The maximum Gasteiger partial charge on any atom is 0.419 e. The molecular formula is C20H22N2O5S. The second kappa shape index (κ2) is 8.43. The van der Waals surface area contributed by atoms with Crippen LogP contribution in [0.1, 0.15) is 18.4 Å². The molecule has 0 aliphatic heterocycles. The zero-order valence-corrected chi connectivity index (χ0v) is 16.4. The lowest BCUT2D eigenvalue weighted by atomic mass is 10.1. The van der Waals surface area contributed by atoms with E-state index in [1.54, 1.807) is 7.05 Å². The van der Waals surface area contributed by atoms with E-state index in [0.29, 0.717) is 12.1 Å². The van der Waals surface area contributed by atoms with Crippen LogP contribution in [-0.2, 0) is 28.1 Å². The van der Waals surface area contributed by atoms with Crippen molar-refractivity contribution in [2.24, 2.45) is 7.05 Å². The molecule has 3 rings (SSSR count). The number of aromatic nitrogens is 1. The number of carbonyl (C=O) groups excluding carboxylic acids is 1. The van der Waals surface area contributed by atoms with E-state index in [1.165, 1.54) is 28.3 Å². The molecule has 7 nitrogen and oxygen atoms in total. The average Bonchev–Trinajstić information content (AvgIpc) is 2.98. The second-order valence-electron chi connectivity index (χ2n) is 6.56. The summed E-state index contributed by atoms with van der Waals surface area (Å²) in [5, 5.41) is 2.75. The first kappa shape index (κ1) is 19.9. The van der Waals surface area contributed by atoms with Crippen molar-refractivity contribution in [2.75, 3.05) is 12.3 Å². The second-order valence-corrected chi connectivity index (χ2v) is 8.67. The third kappa shape index (κ3) is 4.69. The topological polar surface area (TPSA) is 98.4 Å². The van der Waals surface area contributed by atoms with Crippen molar-refractivity contribution in [3.05, 3.63) is 64.6 Å². The van der Waals surface area contributed by atoms with E-state index in [9.17, 15) is 18.0 Å². The number of benzene rings is 2. The maximum atomic E-state index is 12.5. The molecule has 1 heterocycles. The highest BCUT2D eigenvalue weighted by molar-refractivity contribution is 7.91. The van der Waals surface area contributed by atoms with Gasteiger partial charge >= 0.3 is 5.76 Å². The highest BCUT2D eigenvalue weighted by Crippen LogP contribution is 2.19. The van der Waals surface area contributed by atoms with Crippen molar-refractivity contribution in [1.29, 1.82) is 0 Å². The van der Waals surface area contributed by atoms with Gasteiger partial charge in [0.25, 0.3) is 0 Å². The lowest BCUT2D eigenvalue weighted by molar-refractivity contribution is -0.120. The number of amides is 1. The molecule has 0 aliphatic carbocycles. The standard InChI is InChI=1S/C20H22N2O5S/c1-22-17-10-9-16(14-18(17)27-20(22)24)28(25,26)13-11-19(23)21-12-5-8-15-6-3-2-4-7-15/h2-4,6-7,9-10,14H,5,8,11-13H2,1H3,(H,21,23). The molecule has 0 bridgehead atoms. The number of hydrogen-bond donors (Lipinski definition) is 1. The van der Waals surface area contributed by atoms with Crippen LogP contribution in [0.15, 0.2) is 62.6 Å². The minimum absolute atomic E-state index is 0.0335. The number of rotatable bonds is 8. The molecule has 28 heavy (non-hydrogen) atoms. The fraction of sp³-hybridized carbons (Fsp3) is 0.300. The maximum absolute atomic E-state index is 12.5. The Bertz CT molecular complexity index is 1130. The van der Waals surface area contributed by atoms with Gasteiger partial charge < -0.3 is 9.73 Å². The molecule has 0 aliphatic rings. The Hall–Kier alpha value is -2.87. The van der Waals surface area contributed by atoms with Crippen molar-refractivity contribution in [2.45, 2.75) is 24.2 Å². The van der Waals surface area contributed by atoms with Crippen molar-refractivity contribution in [1.82, 2.24) is 9.88 Å². The molecular weight excluding hydrogens is 380 g/mol. The van der Waals surface area contributed by atoms with Gasteiger partial charge in [-0.25, -0.2) is 13.2 Å². The average molecular weight is 402 g/mol. The minimum Gasteiger partial charge on any atom is -0.408 e. The molecule has 3 aromatic rings. The Morgan fingerprint density at radius 2 is 1.89 bits per heavy atom. The van der Waals surface area contributed by atoms with E-state index in [1.807, 2.05) is 30.3 Å². The summed E-state index contributed by atoms with van der Waals surface area (Å²) in [7, 11) is -2.11. The van der Waals surface area contributed by atoms with Gasteiger partial charge in [-0.3, -0.25) is 9.36 Å². The van der Waals surface area contributed by atoms with Crippen LogP contribution in [-0.4, -0.2) is 31.2 Å².